The molecule has 0 aromatic carbocycles. The summed E-state index contributed by atoms with van der Waals surface area (Å²) in [5, 5.41) is 14.6. The van der Waals surface area contributed by atoms with Crippen molar-refractivity contribution in [2.45, 2.75) is 46.2 Å². The summed E-state index contributed by atoms with van der Waals surface area (Å²) < 4.78 is 0. The fourth-order valence-electron chi connectivity index (χ4n) is 1.35. The zero-order chi connectivity index (χ0) is 12.7. The number of hydrogen-bond acceptors (Lipinski definition) is 3. The van der Waals surface area contributed by atoms with Gasteiger partial charge in [0, 0.05) is 18.5 Å². The van der Waals surface area contributed by atoms with Crippen LogP contribution >= 0.6 is 0 Å². The van der Waals surface area contributed by atoms with Gasteiger partial charge in [0.05, 0.1) is 5.92 Å². The van der Waals surface area contributed by atoms with Gasteiger partial charge in [0.1, 0.15) is 0 Å². The van der Waals surface area contributed by atoms with Crippen LogP contribution in [0.15, 0.2) is 0 Å². The minimum Gasteiger partial charge on any atom is -0.481 e. The Morgan fingerprint density at radius 1 is 1.25 bits per heavy atom. The van der Waals surface area contributed by atoms with Crippen LogP contribution in [0.5, 0.6) is 0 Å². The number of hydrogen-bond donors (Lipinski definition) is 3. The van der Waals surface area contributed by atoms with E-state index in [9.17, 15) is 9.59 Å². The Hall–Kier alpha value is -1.10. The van der Waals surface area contributed by atoms with Crippen molar-refractivity contribution in [3.63, 3.8) is 0 Å². The molecule has 5 heteroatoms. The van der Waals surface area contributed by atoms with Crippen molar-refractivity contribution in [3.05, 3.63) is 0 Å². The summed E-state index contributed by atoms with van der Waals surface area (Å²) in [7, 11) is 0. The maximum Gasteiger partial charge on any atom is 0.308 e. The monoisotopic (exact) mass is 230 g/mol. The highest BCUT2D eigenvalue weighted by molar-refractivity contribution is 5.78. The highest BCUT2D eigenvalue weighted by atomic mass is 16.4. The molecule has 0 saturated heterocycles. The highest BCUT2D eigenvalue weighted by Crippen LogP contribution is 2.03. The van der Waals surface area contributed by atoms with Crippen LogP contribution in [0.1, 0.15) is 34.1 Å². The molecule has 0 saturated carbocycles. The Bertz CT molecular complexity index is 243. The van der Waals surface area contributed by atoms with Gasteiger partial charge in [-0.15, -0.1) is 0 Å². The van der Waals surface area contributed by atoms with Crippen LogP contribution < -0.4 is 10.6 Å². The molecule has 0 bridgehead atoms. The van der Waals surface area contributed by atoms with Crippen molar-refractivity contribution in [2.75, 3.05) is 6.54 Å². The molecule has 0 aliphatic rings. The quantitative estimate of drug-likeness (QED) is 0.598. The first-order chi connectivity index (χ1) is 7.38. The maximum atomic E-state index is 11.5. The van der Waals surface area contributed by atoms with Crippen molar-refractivity contribution in [3.8, 4) is 0 Å². The summed E-state index contributed by atoms with van der Waals surface area (Å²) in [6, 6.07) is -0.240. The molecule has 16 heavy (non-hydrogen) atoms. The molecule has 3 atom stereocenters. The first kappa shape index (κ1) is 14.9. The molecular weight excluding hydrogens is 208 g/mol. The highest BCUT2D eigenvalue weighted by Gasteiger charge is 2.21. The number of nitrogens with one attached hydrogen (secondary N) is 2. The van der Waals surface area contributed by atoms with Gasteiger partial charge < -0.3 is 15.7 Å². The van der Waals surface area contributed by atoms with Crippen molar-refractivity contribution in [2.24, 2.45) is 5.92 Å². The summed E-state index contributed by atoms with van der Waals surface area (Å²) in [6.07, 6.45) is 0.366. The van der Waals surface area contributed by atoms with Crippen molar-refractivity contribution >= 4 is 11.9 Å². The second-order valence-electron chi connectivity index (χ2n) is 4.15. The standard InChI is InChI=1S/C11H22N2O3/c1-5-12-7(2)6-10(14)13-9(4)8(3)11(15)16/h7-9,12H,5-6H2,1-4H3,(H,13,14)(H,15,16). The van der Waals surface area contributed by atoms with Crippen molar-refractivity contribution in [1.29, 1.82) is 0 Å². The third kappa shape index (κ3) is 5.70. The lowest BCUT2D eigenvalue weighted by Crippen LogP contribution is -2.42. The van der Waals surface area contributed by atoms with E-state index in [0.717, 1.165) is 6.54 Å². The van der Waals surface area contributed by atoms with Gasteiger partial charge in [-0.05, 0) is 27.3 Å². The molecule has 0 spiro atoms. The summed E-state index contributed by atoms with van der Waals surface area (Å²) in [4.78, 5) is 22.2. The fourth-order valence-corrected chi connectivity index (χ4v) is 1.35. The van der Waals surface area contributed by atoms with Gasteiger partial charge in [-0.1, -0.05) is 6.92 Å². The average molecular weight is 230 g/mol. The van der Waals surface area contributed by atoms with Gasteiger partial charge in [-0.3, -0.25) is 9.59 Å². The van der Waals surface area contributed by atoms with E-state index in [2.05, 4.69) is 10.6 Å². The Morgan fingerprint density at radius 3 is 2.25 bits per heavy atom. The second kappa shape index (κ2) is 7.22. The van der Waals surface area contributed by atoms with Crippen LogP contribution in [0.25, 0.3) is 0 Å². The zero-order valence-electron chi connectivity index (χ0n) is 10.4. The summed E-state index contributed by atoms with van der Waals surface area (Å²) in [5.74, 6) is -1.58. The van der Waals surface area contributed by atoms with Gasteiger partial charge in [0.15, 0.2) is 0 Å². The molecule has 5 nitrogen and oxygen atoms in total. The Balaban J connectivity index is 4.00. The molecule has 3 unspecified atom stereocenters. The van der Waals surface area contributed by atoms with Crippen LogP contribution in [0.4, 0.5) is 0 Å². The Labute approximate surface area is 96.6 Å². The molecule has 0 aliphatic heterocycles. The van der Waals surface area contributed by atoms with E-state index in [1.165, 1.54) is 0 Å². The first-order valence-electron chi connectivity index (χ1n) is 5.64. The normalized spacial score (nSPS) is 16.2. The van der Waals surface area contributed by atoms with E-state index in [-0.39, 0.29) is 18.0 Å². The molecule has 1 amide bonds. The van der Waals surface area contributed by atoms with Gasteiger partial charge in [0.2, 0.25) is 5.91 Å². The summed E-state index contributed by atoms with van der Waals surface area (Å²) in [6.45, 7) is 8.00. The molecule has 0 fully saturated rings. The number of aliphatic carboxylic acids is 1. The van der Waals surface area contributed by atoms with Crippen LogP contribution in [-0.2, 0) is 9.59 Å². The molecule has 0 aliphatic carbocycles. The lowest BCUT2D eigenvalue weighted by Gasteiger charge is -2.19. The summed E-state index contributed by atoms with van der Waals surface area (Å²) >= 11 is 0. The third-order valence-electron chi connectivity index (χ3n) is 2.57. The van der Waals surface area contributed by atoms with Gasteiger partial charge in [0.25, 0.3) is 0 Å². The van der Waals surface area contributed by atoms with Crippen LogP contribution in [0, 0.1) is 5.92 Å². The molecular formula is C11H22N2O3. The van der Waals surface area contributed by atoms with Crippen LogP contribution in [-0.4, -0.2) is 35.6 Å². The number of carbonyl (C=O) groups is 2. The smallest absolute Gasteiger partial charge is 0.308 e. The molecule has 3 N–H and O–H groups in total. The number of amides is 1. The third-order valence-corrected chi connectivity index (χ3v) is 2.57. The van der Waals surface area contributed by atoms with Crippen LogP contribution in [0.2, 0.25) is 0 Å². The van der Waals surface area contributed by atoms with Gasteiger partial charge in [-0.25, -0.2) is 0 Å². The van der Waals surface area contributed by atoms with Crippen molar-refractivity contribution in [1.82, 2.24) is 10.6 Å². The molecule has 0 aromatic rings. The number of carboxylic acids is 1. The predicted molar refractivity (Wildman–Crippen MR) is 62.2 cm³/mol. The van der Waals surface area contributed by atoms with Gasteiger partial charge in [-0.2, -0.15) is 0 Å². The minimum atomic E-state index is -0.896. The zero-order valence-corrected chi connectivity index (χ0v) is 10.4. The lowest BCUT2D eigenvalue weighted by molar-refractivity contribution is -0.142. The maximum absolute atomic E-state index is 11.5. The SMILES string of the molecule is CCNC(C)CC(=O)NC(C)C(C)C(=O)O. The Morgan fingerprint density at radius 2 is 1.81 bits per heavy atom. The predicted octanol–water partition coefficient (Wildman–Crippen LogP) is 0.600. The fraction of sp³-hybridized carbons (Fsp3) is 0.818. The topological polar surface area (TPSA) is 78.4 Å². The molecule has 94 valence electrons. The van der Waals surface area contributed by atoms with Crippen molar-refractivity contribution < 1.29 is 14.7 Å². The number of carboxylic acid groups (broad SMARTS) is 1. The van der Waals surface area contributed by atoms with E-state index >= 15 is 0 Å². The second-order valence-corrected chi connectivity index (χ2v) is 4.15. The largest absolute Gasteiger partial charge is 0.481 e. The molecule has 0 aromatic heterocycles. The lowest BCUT2D eigenvalue weighted by atomic mass is 10.0. The first-order valence-corrected chi connectivity index (χ1v) is 5.64. The van der Waals surface area contributed by atoms with E-state index < -0.39 is 11.9 Å². The molecule has 0 rings (SSSR count). The Kier molecular flexibility index (Phi) is 6.72. The van der Waals surface area contributed by atoms with E-state index in [0.29, 0.717) is 6.42 Å². The molecule has 0 radical (unpaired) electrons. The van der Waals surface area contributed by atoms with Crippen LogP contribution in [0.3, 0.4) is 0 Å². The molecule has 0 heterocycles. The van der Waals surface area contributed by atoms with E-state index in [1.54, 1.807) is 13.8 Å². The minimum absolute atomic E-state index is 0.109. The average Bonchev–Trinajstić information content (AvgIpc) is 2.16. The number of rotatable bonds is 7. The van der Waals surface area contributed by atoms with Gasteiger partial charge >= 0.3 is 5.97 Å². The summed E-state index contributed by atoms with van der Waals surface area (Å²) in [5.41, 5.74) is 0. The number of carbonyl (C=O) groups excluding carboxylic acids is 1. The van der Waals surface area contributed by atoms with E-state index in [4.69, 9.17) is 5.11 Å². The van der Waals surface area contributed by atoms with E-state index in [1.807, 2.05) is 13.8 Å².